The number of aromatic nitrogens is 2. The standard InChI is InChI=1S/C18H24ClN3O/c1-13-17(14(2)22(20-13)9-10-23)12-21-8-4-7-18(21)15-5-3-6-16(19)11-15/h3,5-6,11,18,23H,4,7-10,12H2,1-2H3. The van der Waals surface area contributed by atoms with Gasteiger partial charge in [0.15, 0.2) is 0 Å². The molecule has 2 heterocycles. The number of aliphatic hydroxyl groups is 1. The zero-order chi connectivity index (χ0) is 16.4. The van der Waals surface area contributed by atoms with E-state index in [-0.39, 0.29) is 6.61 Å². The molecule has 4 nitrogen and oxygen atoms in total. The van der Waals surface area contributed by atoms with Crippen molar-refractivity contribution in [3.05, 3.63) is 51.8 Å². The summed E-state index contributed by atoms with van der Waals surface area (Å²) < 4.78 is 1.91. The third kappa shape index (κ3) is 3.44. The van der Waals surface area contributed by atoms with Crippen molar-refractivity contribution in [2.24, 2.45) is 0 Å². The Kier molecular flexibility index (Phi) is 5.05. The van der Waals surface area contributed by atoms with Gasteiger partial charge in [0.2, 0.25) is 0 Å². The van der Waals surface area contributed by atoms with Crippen molar-refractivity contribution >= 4 is 11.6 Å². The molecular formula is C18H24ClN3O. The Morgan fingerprint density at radius 2 is 2.17 bits per heavy atom. The molecule has 3 rings (SSSR count). The highest BCUT2D eigenvalue weighted by atomic mass is 35.5. The predicted molar refractivity (Wildman–Crippen MR) is 92.6 cm³/mol. The first kappa shape index (κ1) is 16.5. The van der Waals surface area contributed by atoms with Crippen molar-refractivity contribution in [2.75, 3.05) is 13.2 Å². The second-order valence-corrected chi connectivity index (χ2v) is 6.72. The molecule has 0 amide bonds. The fraction of sp³-hybridized carbons (Fsp3) is 0.500. The number of rotatable bonds is 5. The lowest BCUT2D eigenvalue weighted by atomic mass is 10.0. The number of aryl methyl sites for hydroxylation is 1. The average molecular weight is 334 g/mol. The van der Waals surface area contributed by atoms with Crippen LogP contribution in [-0.2, 0) is 13.1 Å². The average Bonchev–Trinajstić information content (AvgIpc) is 3.08. The van der Waals surface area contributed by atoms with Crippen LogP contribution < -0.4 is 0 Å². The molecule has 1 saturated heterocycles. The highest BCUT2D eigenvalue weighted by Crippen LogP contribution is 2.34. The van der Waals surface area contributed by atoms with Crippen LogP contribution in [-0.4, -0.2) is 32.9 Å². The number of likely N-dealkylation sites (tertiary alicyclic amines) is 1. The highest BCUT2D eigenvalue weighted by Gasteiger charge is 2.27. The van der Waals surface area contributed by atoms with Gasteiger partial charge in [0.05, 0.1) is 18.8 Å². The molecule has 1 aromatic heterocycles. The van der Waals surface area contributed by atoms with Crippen molar-refractivity contribution in [2.45, 2.75) is 45.8 Å². The minimum Gasteiger partial charge on any atom is -0.394 e. The molecule has 0 spiro atoms. The summed E-state index contributed by atoms with van der Waals surface area (Å²) in [5.41, 5.74) is 4.81. The van der Waals surface area contributed by atoms with E-state index in [4.69, 9.17) is 16.7 Å². The summed E-state index contributed by atoms with van der Waals surface area (Å²) in [6.45, 7) is 6.83. The summed E-state index contributed by atoms with van der Waals surface area (Å²) in [5, 5.41) is 14.5. The van der Waals surface area contributed by atoms with E-state index in [0.29, 0.717) is 12.6 Å². The van der Waals surface area contributed by atoms with Crippen LogP contribution in [0, 0.1) is 13.8 Å². The first-order valence-corrected chi connectivity index (χ1v) is 8.61. The van der Waals surface area contributed by atoms with Gasteiger partial charge in [-0.1, -0.05) is 23.7 Å². The van der Waals surface area contributed by atoms with Crippen LogP contribution in [0.25, 0.3) is 0 Å². The fourth-order valence-corrected chi connectivity index (χ4v) is 3.78. The molecule has 0 radical (unpaired) electrons. The summed E-state index contributed by atoms with van der Waals surface area (Å²) >= 11 is 6.16. The molecule has 1 fully saturated rings. The molecule has 1 aromatic carbocycles. The highest BCUT2D eigenvalue weighted by molar-refractivity contribution is 6.30. The maximum atomic E-state index is 9.16. The van der Waals surface area contributed by atoms with Crippen molar-refractivity contribution in [1.82, 2.24) is 14.7 Å². The van der Waals surface area contributed by atoms with Gasteiger partial charge in [-0.15, -0.1) is 0 Å². The van der Waals surface area contributed by atoms with Crippen LogP contribution in [0.5, 0.6) is 0 Å². The van der Waals surface area contributed by atoms with Gasteiger partial charge >= 0.3 is 0 Å². The van der Waals surface area contributed by atoms with Crippen LogP contribution >= 0.6 is 11.6 Å². The Morgan fingerprint density at radius 1 is 1.35 bits per heavy atom. The second kappa shape index (κ2) is 7.04. The SMILES string of the molecule is Cc1nn(CCO)c(C)c1CN1CCCC1c1cccc(Cl)c1. The number of hydrogen-bond acceptors (Lipinski definition) is 3. The van der Waals surface area contributed by atoms with Gasteiger partial charge in [-0.2, -0.15) is 5.10 Å². The first-order chi connectivity index (χ1) is 11.1. The molecule has 1 aliphatic heterocycles. The summed E-state index contributed by atoms with van der Waals surface area (Å²) in [6, 6.07) is 8.64. The molecule has 1 unspecified atom stereocenters. The van der Waals surface area contributed by atoms with Crippen LogP contribution in [0.4, 0.5) is 0 Å². The maximum Gasteiger partial charge on any atom is 0.0644 e. The van der Waals surface area contributed by atoms with Gasteiger partial charge < -0.3 is 5.11 Å². The molecule has 1 N–H and O–H groups in total. The fourth-order valence-electron chi connectivity index (χ4n) is 3.59. The van der Waals surface area contributed by atoms with Gasteiger partial charge in [-0.25, -0.2) is 0 Å². The Bertz CT molecular complexity index is 683. The number of hydrogen-bond donors (Lipinski definition) is 1. The molecule has 0 bridgehead atoms. The van der Waals surface area contributed by atoms with E-state index in [0.717, 1.165) is 29.5 Å². The summed E-state index contributed by atoms with van der Waals surface area (Å²) in [4.78, 5) is 2.52. The molecule has 1 aliphatic rings. The van der Waals surface area contributed by atoms with Gasteiger partial charge in [0.25, 0.3) is 0 Å². The van der Waals surface area contributed by atoms with Crippen molar-refractivity contribution in [3.63, 3.8) is 0 Å². The first-order valence-electron chi connectivity index (χ1n) is 8.23. The van der Waals surface area contributed by atoms with Gasteiger partial charge in [0.1, 0.15) is 0 Å². The molecule has 124 valence electrons. The van der Waals surface area contributed by atoms with E-state index < -0.39 is 0 Å². The predicted octanol–water partition coefficient (Wildman–Crippen LogP) is 3.48. The van der Waals surface area contributed by atoms with Crippen molar-refractivity contribution in [3.8, 4) is 0 Å². The van der Waals surface area contributed by atoms with Gasteiger partial charge in [-0.05, 0) is 50.9 Å². The third-order valence-corrected chi connectivity index (χ3v) is 5.04. The van der Waals surface area contributed by atoms with E-state index in [1.807, 2.05) is 16.8 Å². The van der Waals surface area contributed by atoms with Crippen LogP contribution in [0.15, 0.2) is 24.3 Å². The van der Waals surface area contributed by atoms with Crippen molar-refractivity contribution in [1.29, 1.82) is 0 Å². The minimum absolute atomic E-state index is 0.121. The largest absolute Gasteiger partial charge is 0.394 e. The lowest BCUT2D eigenvalue weighted by Crippen LogP contribution is -2.23. The van der Waals surface area contributed by atoms with Crippen LogP contribution in [0.3, 0.4) is 0 Å². The Hall–Kier alpha value is -1.36. The molecule has 5 heteroatoms. The Balaban J connectivity index is 1.82. The Morgan fingerprint density at radius 3 is 2.91 bits per heavy atom. The number of aliphatic hydroxyl groups excluding tert-OH is 1. The monoisotopic (exact) mass is 333 g/mol. The van der Waals surface area contributed by atoms with Crippen LogP contribution in [0.1, 0.15) is 41.4 Å². The zero-order valence-corrected chi connectivity index (χ0v) is 14.6. The Labute approximate surface area is 142 Å². The maximum absolute atomic E-state index is 9.16. The van der Waals surface area contributed by atoms with E-state index in [1.165, 1.54) is 24.0 Å². The number of nitrogens with zero attached hydrogens (tertiary/aromatic N) is 3. The molecule has 23 heavy (non-hydrogen) atoms. The minimum atomic E-state index is 0.121. The summed E-state index contributed by atoms with van der Waals surface area (Å²) in [7, 11) is 0. The number of benzene rings is 1. The van der Waals surface area contributed by atoms with E-state index in [1.54, 1.807) is 0 Å². The summed E-state index contributed by atoms with van der Waals surface area (Å²) in [6.07, 6.45) is 2.38. The lowest BCUT2D eigenvalue weighted by Gasteiger charge is -2.25. The third-order valence-electron chi connectivity index (χ3n) is 4.80. The molecule has 2 aromatic rings. The normalized spacial score (nSPS) is 18.7. The molecule has 0 saturated carbocycles. The molecule has 1 atom stereocenters. The molecule has 0 aliphatic carbocycles. The number of halogens is 1. The van der Waals surface area contributed by atoms with Crippen molar-refractivity contribution < 1.29 is 5.11 Å². The second-order valence-electron chi connectivity index (χ2n) is 6.28. The van der Waals surface area contributed by atoms with E-state index >= 15 is 0 Å². The molecular weight excluding hydrogens is 310 g/mol. The smallest absolute Gasteiger partial charge is 0.0644 e. The van der Waals surface area contributed by atoms with E-state index in [2.05, 4.69) is 36.0 Å². The zero-order valence-electron chi connectivity index (χ0n) is 13.8. The lowest BCUT2D eigenvalue weighted by molar-refractivity contribution is 0.247. The van der Waals surface area contributed by atoms with E-state index in [9.17, 15) is 0 Å². The quantitative estimate of drug-likeness (QED) is 0.910. The topological polar surface area (TPSA) is 41.3 Å². The summed E-state index contributed by atoms with van der Waals surface area (Å²) in [5.74, 6) is 0. The van der Waals surface area contributed by atoms with Gasteiger partial charge in [0, 0.05) is 28.9 Å². The van der Waals surface area contributed by atoms with Gasteiger partial charge in [-0.3, -0.25) is 9.58 Å². The van der Waals surface area contributed by atoms with Crippen LogP contribution in [0.2, 0.25) is 5.02 Å².